The minimum Gasteiger partial charge on any atom is -0.383 e. The molecule has 0 saturated heterocycles. The van der Waals surface area contributed by atoms with E-state index < -0.39 is 18.7 Å². The molecule has 4 nitrogen and oxygen atoms in total. The predicted octanol–water partition coefficient (Wildman–Crippen LogP) is 1.15. The van der Waals surface area contributed by atoms with E-state index >= 15 is 0 Å². The third-order valence-electron chi connectivity index (χ3n) is 1.88. The van der Waals surface area contributed by atoms with Gasteiger partial charge >= 0.3 is 6.18 Å². The molecule has 1 aromatic rings. The second kappa shape index (κ2) is 4.61. The summed E-state index contributed by atoms with van der Waals surface area (Å²) >= 11 is 0. The lowest BCUT2D eigenvalue weighted by Crippen LogP contribution is -2.31. The van der Waals surface area contributed by atoms with E-state index in [0.29, 0.717) is 6.54 Å². The highest BCUT2D eigenvalue weighted by Gasteiger charge is 2.38. The van der Waals surface area contributed by atoms with Crippen LogP contribution in [0.2, 0.25) is 0 Å². The number of nitrogens with zero attached hydrogens (tertiary/aromatic N) is 3. The molecular formula is C8H12F3N3O. The Morgan fingerprint density at radius 2 is 2.20 bits per heavy atom. The van der Waals surface area contributed by atoms with Crippen molar-refractivity contribution in [2.75, 3.05) is 0 Å². The number of hydrogen-bond acceptors (Lipinski definition) is 3. The van der Waals surface area contributed by atoms with E-state index in [1.54, 1.807) is 0 Å². The summed E-state index contributed by atoms with van der Waals surface area (Å²) in [6.45, 7) is 2.38. The maximum absolute atomic E-state index is 12.1. The fourth-order valence-electron chi connectivity index (χ4n) is 1.13. The van der Waals surface area contributed by atoms with E-state index in [1.165, 1.54) is 11.0 Å². The Kier molecular flexibility index (Phi) is 3.67. The normalized spacial score (nSPS) is 14.2. The van der Waals surface area contributed by atoms with Crippen LogP contribution in [-0.4, -0.2) is 32.2 Å². The molecule has 0 aliphatic heterocycles. The number of aliphatic hydroxyl groups excluding tert-OH is 1. The maximum atomic E-state index is 12.1. The van der Waals surface area contributed by atoms with E-state index in [4.69, 9.17) is 5.11 Å². The van der Waals surface area contributed by atoms with E-state index in [9.17, 15) is 13.2 Å². The number of halogens is 3. The Morgan fingerprint density at radius 3 is 2.73 bits per heavy atom. The largest absolute Gasteiger partial charge is 0.414 e. The molecule has 86 valence electrons. The van der Waals surface area contributed by atoms with Gasteiger partial charge in [-0.3, -0.25) is 4.68 Å². The minimum atomic E-state index is -4.61. The van der Waals surface area contributed by atoms with Crippen LogP contribution >= 0.6 is 0 Å². The molecule has 1 N–H and O–H groups in total. The number of aryl methyl sites for hydroxylation is 1. The molecular weight excluding hydrogens is 211 g/mol. The number of aromatic nitrogens is 3. The van der Waals surface area contributed by atoms with E-state index in [0.717, 1.165) is 6.42 Å². The highest BCUT2D eigenvalue weighted by Crippen LogP contribution is 2.22. The van der Waals surface area contributed by atoms with Gasteiger partial charge in [0.05, 0.1) is 0 Å². The van der Waals surface area contributed by atoms with Gasteiger partial charge in [0.15, 0.2) is 6.10 Å². The van der Waals surface area contributed by atoms with Crippen LogP contribution in [0.15, 0.2) is 6.33 Å². The Bertz CT molecular complexity index is 310. The van der Waals surface area contributed by atoms with Gasteiger partial charge in [-0.2, -0.15) is 18.3 Å². The van der Waals surface area contributed by atoms with Crippen LogP contribution in [-0.2, 0) is 13.0 Å². The smallest absolute Gasteiger partial charge is 0.383 e. The van der Waals surface area contributed by atoms with Crippen LogP contribution in [0.4, 0.5) is 13.2 Å². The third-order valence-corrected chi connectivity index (χ3v) is 1.88. The Labute approximate surface area is 84.7 Å². The van der Waals surface area contributed by atoms with Crippen molar-refractivity contribution in [1.82, 2.24) is 14.8 Å². The van der Waals surface area contributed by atoms with Gasteiger partial charge in [-0.1, -0.05) is 6.92 Å². The van der Waals surface area contributed by atoms with Crippen LogP contribution in [0, 0.1) is 0 Å². The Hall–Kier alpha value is -1.11. The number of rotatable bonds is 4. The van der Waals surface area contributed by atoms with Gasteiger partial charge in [-0.15, -0.1) is 0 Å². The van der Waals surface area contributed by atoms with Crippen molar-refractivity contribution in [2.45, 2.75) is 38.6 Å². The van der Waals surface area contributed by atoms with Gasteiger partial charge in [0.2, 0.25) is 0 Å². The quantitative estimate of drug-likeness (QED) is 0.833. The lowest BCUT2D eigenvalue weighted by molar-refractivity contribution is -0.203. The summed E-state index contributed by atoms with van der Waals surface area (Å²) in [6, 6.07) is 0. The van der Waals surface area contributed by atoms with Crippen molar-refractivity contribution < 1.29 is 18.3 Å². The average Bonchev–Trinajstić information content (AvgIpc) is 2.52. The van der Waals surface area contributed by atoms with Crippen molar-refractivity contribution in [3.8, 4) is 0 Å². The first-order chi connectivity index (χ1) is 6.95. The van der Waals surface area contributed by atoms with Gasteiger partial charge in [0, 0.05) is 13.0 Å². The summed E-state index contributed by atoms with van der Waals surface area (Å²) in [5, 5.41) is 12.6. The van der Waals surface area contributed by atoms with Gasteiger partial charge < -0.3 is 5.11 Å². The molecule has 1 heterocycles. The van der Waals surface area contributed by atoms with Crippen molar-refractivity contribution in [3.05, 3.63) is 12.2 Å². The predicted molar refractivity (Wildman–Crippen MR) is 46.1 cm³/mol. The molecule has 0 amide bonds. The lowest BCUT2D eigenvalue weighted by atomic mass is 10.2. The molecule has 1 atom stereocenters. The van der Waals surface area contributed by atoms with Gasteiger partial charge in [-0.05, 0) is 6.42 Å². The second-order valence-corrected chi connectivity index (χ2v) is 3.16. The highest BCUT2D eigenvalue weighted by molar-refractivity contribution is 4.89. The molecule has 0 aliphatic rings. The van der Waals surface area contributed by atoms with Crippen molar-refractivity contribution >= 4 is 0 Å². The summed E-state index contributed by atoms with van der Waals surface area (Å²) in [7, 11) is 0. The summed E-state index contributed by atoms with van der Waals surface area (Å²) in [4.78, 5) is 3.68. The number of aliphatic hydroxyl groups is 1. The maximum Gasteiger partial charge on any atom is 0.414 e. The zero-order valence-electron chi connectivity index (χ0n) is 8.20. The SMILES string of the molecule is CCCn1ncnc1C[C@H](O)C(F)(F)F. The van der Waals surface area contributed by atoms with Crippen LogP contribution in [0.25, 0.3) is 0 Å². The average molecular weight is 223 g/mol. The van der Waals surface area contributed by atoms with Gasteiger partial charge in [0.25, 0.3) is 0 Å². The van der Waals surface area contributed by atoms with E-state index in [1.807, 2.05) is 6.92 Å². The molecule has 15 heavy (non-hydrogen) atoms. The van der Waals surface area contributed by atoms with Crippen molar-refractivity contribution in [1.29, 1.82) is 0 Å². The van der Waals surface area contributed by atoms with Gasteiger partial charge in [-0.25, -0.2) is 4.98 Å². The molecule has 1 rings (SSSR count). The molecule has 0 fully saturated rings. The Balaban J connectivity index is 2.68. The monoisotopic (exact) mass is 223 g/mol. The summed E-state index contributed by atoms with van der Waals surface area (Å²) in [6.07, 6.45) is -5.60. The fourth-order valence-corrected chi connectivity index (χ4v) is 1.13. The molecule has 1 aromatic heterocycles. The first-order valence-electron chi connectivity index (χ1n) is 4.56. The minimum absolute atomic E-state index is 0.154. The summed E-state index contributed by atoms with van der Waals surface area (Å²) in [5.74, 6) is 0.154. The number of alkyl halides is 3. The van der Waals surface area contributed by atoms with Gasteiger partial charge in [0.1, 0.15) is 12.2 Å². The zero-order valence-corrected chi connectivity index (χ0v) is 8.20. The first kappa shape index (κ1) is 12.0. The molecule has 0 radical (unpaired) electrons. The van der Waals surface area contributed by atoms with E-state index in [2.05, 4.69) is 10.1 Å². The van der Waals surface area contributed by atoms with Crippen molar-refractivity contribution in [2.24, 2.45) is 0 Å². The Morgan fingerprint density at radius 1 is 1.53 bits per heavy atom. The molecule has 0 unspecified atom stereocenters. The molecule has 0 saturated carbocycles. The molecule has 7 heteroatoms. The molecule has 0 aromatic carbocycles. The summed E-state index contributed by atoms with van der Waals surface area (Å²) in [5.41, 5.74) is 0. The molecule has 0 spiro atoms. The molecule has 0 aliphatic carbocycles. The van der Waals surface area contributed by atoms with Crippen LogP contribution in [0.5, 0.6) is 0 Å². The van der Waals surface area contributed by atoms with Crippen LogP contribution < -0.4 is 0 Å². The zero-order chi connectivity index (χ0) is 11.5. The van der Waals surface area contributed by atoms with Crippen LogP contribution in [0.3, 0.4) is 0 Å². The standard InChI is InChI=1S/C8H12F3N3O/c1-2-3-14-7(12-5-13-14)4-6(15)8(9,10)11/h5-6,15H,2-4H2,1H3/t6-/m0/s1. The first-order valence-corrected chi connectivity index (χ1v) is 4.56. The number of hydrogen-bond donors (Lipinski definition) is 1. The summed E-state index contributed by atoms with van der Waals surface area (Å²) < 4.78 is 37.5. The van der Waals surface area contributed by atoms with Crippen molar-refractivity contribution in [3.63, 3.8) is 0 Å². The lowest BCUT2D eigenvalue weighted by Gasteiger charge is -2.14. The van der Waals surface area contributed by atoms with E-state index in [-0.39, 0.29) is 5.82 Å². The second-order valence-electron chi connectivity index (χ2n) is 3.16. The fraction of sp³-hybridized carbons (Fsp3) is 0.750. The topological polar surface area (TPSA) is 50.9 Å². The highest BCUT2D eigenvalue weighted by atomic mass is 19.4. The molecule has 0 bridgehead atoms. The third kappa shape index (κ3) is 3.19. The van der Waals surface area contributed by atoms with Crippen LogP contribution in [0.1, 0.15) is 19.2 Å².